The molecule has 0 fully saturated rings. The molecule has 0 saturated carbocycles. The van der Waals surface area contributed by atoms with E-state index < -0.39 is 11.6 Å². The second-order valence-electron chi connectivity index (χ2n) is 6.10. The number of guanidine groups is 1. The quantitative estimate of drug-likeness (QED) is 0.196. The van der Waals surface area contributed by atoms with Crippen LogP contribution in [0, 0.1) is 11.6 Å². The van der Waals surface area contributed by atoms with Gasteiger partial charge in [-0.2, -0.15) is 0 Å². The van der Waals surface area contributed by atoms with Gasteiger partial charge in [0.1, 0.15) is 5.75 Å². The van der Waals surface area contributed by atoms with Gasteiger partial charge in [0.2, 0.25) is 0 Å². The molecule has 2 rings (SSSR count). The number of benzene rings is 2. The Kier molecular flexibility index (Phi) is 10.4. The van der Waals surface area contributed by atoms with Gasteiger partial charge in [-0.05, 0) is 55.8 Å². The molecule has 2 aromatic carbocycles. The van der Waals surface area contributed by atoms with Crippen molar-refractivity contribution in [2.45, 2.75) is 19.9 Å². The van der Waals surface area contributed by atoms with E-state index in [1.807, 2.05) is 13.8 Å². The fourth-order valence-electron chi connectivity index (χ4n) is 2.44. The van der Waals surface area contributed by atoms with Crippen molar-refractivity contribution < 1.29 is 18.7 Å². The minimum atomic E-state index is -0.898. The lowest BCUT2D eigenvalue weighted by molar-refractivity contribution is 0.0955. The first kappa shape index (κ1) is 24.6. The van der Waals surface area contributed by atoms with Crippen LogP contribution in [0.15, 0.2) is 47.5 Å². The summed E-state index contributed by atoms with van der Waals surface area (Å²) in [6.07, 6.45) is 0. The van der Waals surface area contributed by atoms with Crippen molar-refractivity contribution in [3.63, 3.8) is 0 Å². The summed E-state index contributed by atoms with van der Waals surface area (Å²) >= 11 is 0. The van der Waals surface area contributed by atoms with Crippen LogP contribution in [0.5, 0.6) is 5.75 Å². The molecule has 0 radical (unpaired) electrons. The lowest BCUT2D eigenvalue weighted by Crippen LogP contribution is -2.39. The highest BCUT2D eigenvalue weighted by Gasteiger charge is 2.11. The number of phenols is 1. The van der Waals surface area contributed by atoms with Crippen molar-refractivity contribution in [3.05, 3.63) is 65.2 Å². The van der Waals surface area contributed by atoms with Crippen molar-refractivity contribution in [3.8, 4) is 5.75 Å². The summed E-state index contributed by atoms with van der Waals surface area (Å²) < 4.78 is 26.5. The molecule has 2 aromatic rings. The van der Waals surface area contributed by atoms with Crippen LogP contribution in [-0.2, 0) is 0 Å². The van der Waals surface area contributed by atoms with Gasteiger partial charge in [-0.25, -0.2) is 8.78 Å². The minimum absolute atomic E-state index is 0. The molecule has 1 unspecified atom stereocenters. The van der Waals surface area contributed by atoms with Crippen LogP contribution in [0.1, 0.15) is 35.8 Å². The maximum Gasteiger partial charge on any atom is 0.251 e. The number of nitrogens with zero attached hydrogens (tertiary/aromatic N) is 1. The van der Waals surface area contributed by atoms with Crippen LogP contribution >= 0.6 is 24.0 Å². The lowest BCUT2D eigenvalue weighted by atomic mass is 10.1. The van der Waals surface area contributed by atoms with E-state index in [0.29, 0.717) is 36.7 Å². The maximum atomic E-state index is 13.4. The van der Waals surface area contributed by atoms with Crippen LogP contribution in [0.25, 0.3) is 0 Å². The van der Waals surface area contributed by atoms with E-state index in [4.69, 9.17) is 0 Å². The monoisotopic (exact) mass is 518 g/mol. The number of rotatable bonds is 7. The molecule has 0 aliphatic heterocycles. The first-order valence-electron chi connectivity index (χ1n) is 8.97. The molecule has 0 aliphatic carbocycles. The highest BCUT2D eigenvalue weighted by atomic mass is 127. The molecule has 0 saturated heterocycles. The summed E-state index contributed by atoms with van der Waals surface area (Å²) in [7, 11) is 0. The predicted molar refractivity (Wildman–Crippen MR) is 120 cm³/mol. The van der Waals surface area contributed by atoms with E-state index in [9.17, 15) is 18.7 Å². The number of carbonyl (C=O) groups excluding carboxylic acids is 1. The molecule has 0 heterocycles. The zero-order valence-electron chi connectivity index (χ0n) is 16.2. The van der Waals surface area contributed by atoms with Gasteiger partial charge >= 0.3 is 0 Å². The third-order valence-electron chi connectivity index (χ3n) is 3.94. The molecule has 4 N–H and O–H groups in total. The van der Waals surface area contributed by atoms with Gasteiger partial charge in [0.25, 0.3) is 5.91 Å². The largest absolute Gasteiger partial charge is 0.508 e. The Morgan fingerprint density at radius 2 is 1.79 bits per heavy atom. The van der Waals surface area contributed by atoms with Gasteiger partial charge in [-0.15, -0.1) is 24.0 Å². The molecule has 29 heavy (non-hydrogen) atoms. The molecule has 0 spiro atoms. The molecule has 0 bridgehead atoms. The van der Waals surface area contributed by atoms with E-state index in [1.54, 1.807) is 0 Å². The predicted octanol–water partition coefficient (Wildman–Crippen LogP) is 3.33. The van der Waals surface area contributed by atoms with E-state index in [-0.39, 0.29) is 41.7 Å². The van der Waals surface area contributed by atoms with Crippen LogP contribution in [0.3, 0.4) is 0 Å². The second-order valence-corrected chi connectivity index (χ2v) is 6.10. The Balaban J connectivity index is 0.00000420. The van der Waals surface area contributed by atoms with Gasteiger partial charge in [0.05, 0.1) is 12.6 Å². The van der Waals surface area contributed by atoms with E-state index >= 15 is 0 Å². The smallest absolute Gasteiger partial charge is 0.251 e. The molecule has 0 aliphatic rings. The molecule has 1 amide bonds. The van der Waals surface area contributed by atoms with Gasteiger partial charge in [0, 0.05) is 18.7 Å². The number of hydrogen-bond acceptors (Lipinski definition) is 3. The highest BCUT2D eigenvalue weighted by Crippen LogP contribution is 2.15. The van der Waals surface area contributed by atoms with Crippen molar-refractivity contribution in [1.29, 1.82) is 0 Å². The standard InChI is InChI=1S/C20H24F2N4O2.HI/c1-3-23-20(26-13(2)15-6-9-17(21)18(22)12-15)25-11-10-24-19(28)14-4-7-16(27)8-5-14;/h4-9,12-13,27H,3,10-11H2,1-2H3,(H,24,28)(H2,23,25,26);1H. The third-order valence-corrected chi connectivity index (χ3v) is 3.94. The molecule has 1 atom stereocenters. The normalized spacial score (nSPS) is 11.9. The number of hydrogen-bond donors (Lipinski definition) is 4. The molecular weight excluding hydrogens is 493 g/mol. The maximum absolute atomic E-state index is 13.4. The zero-order chi connectivity index (χ0) is 20.5. The first-order valence-corrected chi connectivity index (χ1v) is 8.97. The highest BCUT2D eigenvalue weighted by molar-refractivity contribution is 14.0. The number of aromatic hydroxyl groups is 1. The fraction of sp³-hybridized carbons (Fsp3) is 0.300. The molecule has 158 valence electrons. The number of amides is 1. The number of aliphatic imine (C=N–C) groups is 1. The Bertz CT molecular complexity index is 832. The summed E-state index contributed by atoms with van der Waals surface area (Å²) in [6.45, 7) is 4.98. The average Bonchev–Trinajstić information content (AvgIpc) is 2.67. The Morgan fingerprint density at radius 1 is 1.10 bits per heavy atom. The van der Waals surface area contributed by atoms with Gasteiger partial charge in [0.15, 0.2) is 17.6 Å². The third kappa shape index (κ3) is 7.84. The van der Waals surface area contributed by atoms with Gasteiger partial charge < -0.3 is 21.1 Å². The van der Waals surface area contributed by atoms with Crippen molar-refractivity contribution in [2.75, 3.05) is 19.6 Å². The molecular formula is C20H25F2IN4O2. The summed E-state index contributed by atoms with van der Waals surface area (Å²) in [6, 6.07) is 9.41. The summed E-state index contributed by atoms with van der Waals surface area (Å²) in [4.78, 5) is 16.4. The van der Waals surface area contributed by atoms with Crippen molar-refractivity contribution in [2.24, 2.45) is 4.99 Å². The zero-order valence-corrected chi connectivity index (χ0v) is 18.5. The van der Waals surface area contributed by atoms with Crippen LogP contribution < -0.4 is 16.0 Å². The van der Waals surface area contributed by atoms with E-state index in [1.165, 1.54) is 30.3 Å². The molecule has 0 aromatic heterocycles. The van der Waals surface area contributed by atoms with Crippen molar-refractivity contribution in [1.82, 2.24) is 16.0 Å². The SMILES string of the molecule is CCNC(=NCCNC(=O)c1ccc(O)cc1)NC(C)c1ccc(F)c(F)c1.I. The number of carbonyl (C=O) groups is 1. The lowest BCUT2D eigenvalue weighted by Gasteiger charge is -2.18. The Labute approximate surface area is 185 Å². The minimum Gasteiger partial charge on any atom is -0.508 e. The van der Waals surface area contributed by atoms with Crippen LogP contribution in [0.4, 0.5) is 8.78 Å². The second kappa shape index (κ2) is 12.2. The fourth-order valence-corrected chi connectivity index (χ4v) is 2.44. The molecule has 9 heteroatoms. The summed E-state index contributed by atoms with van der Waals surface area (Å²) in [5.41, 5.74) is 1.03. The van der Waals surface area contributed by atoms with Crippen LogP contribution in [-0.4, -0.2) is 36.6 Å². The number of nitrogens with one attached hydrogen (secondary N) is 3. The topological polar surface area (TPSA) is 85.8 Å². The van der Waals surface area contributed by atoms with Gasteiger partial charge in [-0.3, -0.25) is 9.79 Å². The Morgan fingerprint density at radius 3 is 2.41 bits per heavy atom. The summed E-state index contributed by atoms with van der Waals surface area (Å²) in [5, 5.41) is 18.2. The van der Waals surface area contributed by atoms with E-state index in [2.05, 4.69) is 20.9 Å². The average molecular weight is 518 g/mol. The van der Waals surface area contributed by atoms with Crippen molar-refractivity contribution >= 4 is 35.8 Å². The molecule has 6 nitrogen and oxygen atoms in total. The first-order chi connectivity index (χ1) is 13.4. The van der Waals surface area contributed by atoms with Gasteiger partial charge in [-0.1, -0.05) is 6.07 Å². The summed E-state index contributed by atoms with van der Waals surface area (Å²) in [5.74, 6) is -1.45. The number of halogens is 3. The Hall–Kier alpha value is -2.43. The van der Waals surface area contributed by atoms with E-state index in [0.717, 1.165) is 12.1 Å². The van der Waals surface area contributed by atoms with Crippen LogP contribution in [0.2, 0.25) is 0 Å². The number of phenolic OH excluding ortho intramolecular Hbond substituents is 1.